The number of nitrogens with one attached hydrogen (secondary N) is 1. The first-order chi connectivity index (χ1) is 9.39. The maximum atomic E-state index is 11.6. The number of hydrogen-bond donors (Lipinski definition) is 1. The normalized spacial score (nSPS) is 29.3. The second kappa shape index (κ2) is 8.91. The van der Waals surface area contributed by atoms with Gasteiger partial charge in [0.15, 0.2) is 0 Å². The lowest BCUT2D eigenvalue weighted by Crippen LogP contribution is -2.43. The third kappa shape index (κ3) is 6.16. The highest BCUT2D eigenvalue weighted by Crippen LogP contribution is 2.37. The van der Waals surface area contributed by atoms with E-state index in [1.54, 1.807) is 6.92 Å². The molecule has 1 rings (SSSR count). The fraction of sp³-hybridized carbons (Fsp3) is 1.00. The molecule has 1 aliphatic rings. The van der Waals surface area contributed by atoms with E-state index in [1.807, 2.05) is 0 Å². The van der Waals surface area contributed by atoms with Crippen LogP contribution in [0.1, 0.15) is 40.5 Å². The van der Waals surface area contributed by atoms with Crippen LogP contribution in [0.4, 0.5) is 0 Å². The van der Waals surface area contributed by atoms with E-state index in [0.717, 1.165) is 24.6 Å². The Balaban J connectivity index is 2.48. The van der Waals surface area contributed by atoms with Crippen LogP contribution in [0.3, 0.4) is 0 Å². The lowest BCUT2D eigenvalue weighted by atomic mass is 10.1. The Labute approximate surface area is 133 Å². The van der Waals surface area contributed by atoms with Crippen molar-refractivity contribution in [2.45, 2.75) is 62.3 Å². The van der Waals surface area contributed by atoms with Crippen molar-refractivity contribution in [2.75, 3.05) is 23.8 Å². The summed E-state index contributed by atoms with van der Waals surface area (Å²) >= 11 is 4.13. The maximum absolute atomic E-state index is 11.6. The largest absolute Gasteiger partial charge is 0.313 e. The van der Waals surface area contributed by atoms with Gasteiger partial charge in [-0.2, -0.15) is 23.5 Å². The molecule has 0 saturated carbocycles. The van der Waals surface area contributed by atoms with Gasteiger partial charge >= 0.3 is 0 Å². The lowest BCUT2D eigenvalue weighted by molar-refractivity contribution is 0.483. The quantitative estimate of drug-likeness (QED) is 0.737. The lowest BCUT2D eigenvalue weighted by Gasteiger charge is -2.36. The van der Waals surface area contributed by atoms with Crippen LogP contribution in [-0.4, -0.2) is 54.0 Å². The SMILES string of the molecule is CCNC(CCCS(=O)(=O)CC)C1CSC(C)C(C)S1. The Kier molecular flexibility index (Phi) is 8.31. The Morgan fingerprint density at radius 2 is 1.95 bits per heavy atom. The minimum Gasteiger partial charge on any atom is -0.313 e. The van der Waals surface area contributed by atoms with Crippen LogP contribution < -0.4 is 5.32 Å². The van der Waals surface area contributed by atoms with Gasteiger partial charge in [-0.1, -0.05) is 27.7 Å². The van der Waals surface area contributed by atoms with Crippen molar-refractivity contribution in [1.29, 1.82) is 0 Å². The zero-order valence-corrected chi connectivity index (χ0v) is 15.5. The van der Waals surface area contributed by atoms with E-state index < -0.39 is 9.84 Å². The van der Waals surface area contributed by atoms with Crippen molar-refractivity contribution in [3.8, 4) is 0 Å². The van der Waals surface area contributed by atoms with Gasteiger partial charge in [0, 0.05) is 33.3 Å². The molecule has 20 heavy (non-hydrogen) atoms. The summed E-state index contributed by atoms with van der Waals surface area (Å²) in [6.45, 7) is 9.42. The molecule has 0 aromatic heterocycles. The monoisotopic (exact) mass is 339 g/mol. The van der Waals surface area contributed by atoms with Gasteiger partial charge in [-0.15, -0.1) is 0 Å². The third-order valence-electron chi connectivity index (χ3n) is 3.90. The second-order valence-electron chi connectivity index (χ2n) is 5.46. The van der Waals surface area contributed by atoms with E-state index in [0.29, 0.717) is 22.3 Å². The van der Waals surface area contributed by atoms with Gasteiger partial charge in [-0.25, -0.2) is 8.42 Å². The second-order valence-corrected chi connectivity index (χ2v) is 11.0. The molecule has 4 atom stereocenters. The predicted molar refractivity (Wildman–Crippen MR) is 93.8 cm³/mol. The summed E-state index contributed by atoms with van der Waals surface area (Å²) in [6.07, 6.45) is 1.74. The molecule has 120 valence electrons. The van der Waals surface area contributed by atoms with Gasteiger partial charge in [0.05, 0.1) is 5.75 Å². The van der Waals surface area contributed by atoms with Crippen LogP contribution in [0.15, 0.2) is 0 Å². The first kappa shape index (κ1) is 18.7. The van der Waals surface area contributed by atoms with E-state index >= 15 is 0 Å². The molecule has 0 spiro atoms. The van der Waals surface area contributed by atoms with Gasteiger partial charge < -0.3 is 5.32 Å². The molecule has 1 N–H and O–H groups in total. The first-order valence-corrected chi connectivity index (χ1v) is 11.4. The Bertz CT molecular complexity index is 373. The number of hydrogen-bond acceptors (Lipinski definition) is 5. The van der Waals surface area contributed by atoms with E-state index in [9.17, 15) is 8.42 Å². The smallest absolute Gasteiger partial charge is 0.150 e. The van der Waals surface area contributed by atoms with Crippen molar-refractivity contribution in [1.82, 2.24) is 5.32 Å². The molecule has 1 heterocycles. The van der Waals surface area contributed by atoms with Crippen LogP contribution in [0.5, 0.6) is 0 Å². The van der Waals surface area contributed by atoms with E-state index in [2.05, 4.69) is 49.6 Å². The van der Waals surface area contributed by atoms with Crippen LogP contribution in [-0.2, 0) is 9.84 Å². The third-order valence-corrected chi connectivity index (χ3v) is 9.24. The summed E-state index contributed by atoms with van der Waals surface area (Å²) in [6, 6.07) is 0.444. The molecule has 1 aliphatic heterocycles. The van der Waals surface area contributed by atoms with Gasteiger partial charge in [0.25, 0.3) is 0 Å². The van der Waals surface area contributed by atoms with E-state index in [1.165, 1.54) is 5.75 Å². The standard InChI is InChI=1S/C14H29NO2S3/c1-5-15-13(8-7-9-20(16,17)6-2)14-10-18-11(3)12(4)19-14/h11-15H,5-10H2,1-4H3. The Morgan fingerprint density at radius 1 is 1.25 bits per heavy atom. The van der Waals surface area contributed by atoms with E-state index in [4.69, 9.17) is 0 Å². The molecule has 3 nitrogen and oxygen atoms in total. The van der Waals surface area contributed by atoms with Gasteiger partial charge in [0.1, 0.15) is 9.84 Å². The topological polar surface area (TPSA) is 46.2 Å². The summed E-state index contributed by atoms with van der Waals surface area (Å²) in [4.78, 5) is 0. The molecule has 0 amide bonds. The molecular weight excluding hydrogens is 310 g/mol. The summed E-state index contributed by atoms with van der Waals surface area (Å²) in [7, 11) is -2.82. The average molecular weight is 340 g/mol. The van der Waals surface area contributed by atoms with Crippen molar-refractivity contribution < 1.29 is 8.42 Å². The van der Waals surface area contributed by atoms with Crippen LogP contribution in [0, 0.1) is 0 Å². The summed E-state index contributed by atoms with van der Waals surface area (Å²) < 4.78 is 23.2. The van der Waals surface area contributed by atoms with Gasteiger partial charge in [-0.05, 0) is 19.4 Å². The fourth-order valence-corrected chi connectivity index (χ4v) is 6.43. The van der Waals surface area contributed by atoms with Crippen molar-refractivity contribution in [3.63, 3.8) is 0 Å². The Hall–Kier alpha value is 0.610. The molecular formula is C14H29NO2S3. The highest BCUT2D eigenvalue weighted by atomic mass is 32.2. The van der Waals surface area contributed by atoms with Crippen LogP contribution >= 0.6 is 23.5 Å². The summed E-state index contributed by atoms with van der Waals surface area (Å²) in [5, 5.41) is 5.57. The Morgan fingerprint density at radius 3 is 2.50 bits per heavy atom. The molecule has 1 saturated heterocycles. The zero-order chi connectivity index (χ0) is 15.2. The molecule has 0 bridgehead atoms. The average Bonchev–Trinajstić information content (AvgIpc) is 2.41. The molecule has 0 aromatic rings. The number of thioether (sulfide) groups is 2. The molecule has 0 aliphatic carbocycles. The minimum absolute atomic E-state index is 0.265. The minimum atomic E-state index is -2.82. The van der Waals surface area contributed by atoms with Crippen molar-refractivity contribution >= 4 is 33.4 Å². The first-order valence-electron chi connectivity index (χ1n) is 7.60. The number of sulfone groups is 1. The molecule has 6 heteroatoms. The zero-order valence-electron chi connectivity index (χ0n) is 13.1. The van der Waals surface area contributed by atoms with E-state index in [-0.39, 0.29) is 5.75 Å². The van der Waals surface area contributed by atoms with Crippen LogP contribution in [0.25, 0.3) is 0 Å². The summed E-state index contributed by atoms with van der Waals surface area (Å²) in [5.41, 5.74) is 0. The molecule has 0 radical (unpaired) electrons. The highest BCUT2D eigenvalue weighted by molar-refractivity contribution is 8.07. The highest BCUT2D eigenvalue weighted by Gasteiger charge is 2.30. The fourth-order valence-electron chi connectivity index (χ4n) is 2.37. The predicted octanol–water partition coefficient (Wildman–Crippen LogP) is 2.81. The van der Waals surface area contributed by atoms with Gasteiger partial charge in [0.2, 0.25) is 0 Å². The summed E-state index contributed by atoms with van der Waals surface area (Å²) in [5.74, 6) is 1.78. The molecule has 1 fully saturated rings. The van der Waals surface area contributed by atoms with Crippen LogP contribution in [0.2, 0.25) is 0 Å². The van der Waals surface area contributed by atoms with Gasteiger partial charge in [-0.3, -0.25) is 0 Å². The maximum Gasteiger partial charge on any atom is 0.150 e. The van der Waals surface area contributed by atoms with Crippen molar-refractivity contribution in [2.24, 2.45) is 0 Å². The number of rotatable bonds is 8. The molecule has 4 unspecified atom stereocenters. The molecule has 0 aromatic carbocycles. The van der Waals surface area contributed by atoms with Crippen molar-refractivity contribution in [3.05, 3.63) is 0 Å².